The number of fused-ring (bicyclic) bond motifs is 1. The van der Waals surface area contributed by atoms with Gasteiger partial charge in [-0.25, -0.2) is 0 Å². The molecule has 26 heavy (non-hydrogen) atoms. The highest BCUT2D eigenvalue weighted by Gasteiger charge is 2.38. The smallest absolute Gasteiger partial charge is 0.310 e. The molecule has 4 heteroatoms. The van der Waals surface area contributed by atoms with Crippen LogP contribution in [0.5, 0.6) is 0 Å². The highest BCUT2D eigenvalue weighted by molar-refractivity contribution is 5.85. The van der Waals surface area contributed by atoms with Gasteiger partial charge in [0.05, 0.1) is 19.1 Å². The summed E-state index contributed by atoms with van der Waals surface area (Å²) in [6.45, 7) is 1.81. The number of hydrogen-bond acceptors (Lipinski definition) is 3. The lowest BCUT2D eigenvalue weighted by Crippen LogP contribution is -2.41. The molecule has 134 valence electrons. The molecule has 1 N–H and O–H groups in total. The number of ether oxygens (including phenoxy) is 1. The van der Waals surface area contributed by atoms with Gasteiger partial charge in [0.1, 0.15) is 0 Å². The number of methoxy groups -OCH3 is 1. The molecule has 0 spiro atoms. The first-order chi connectivity index (χ1) is 12.8. The summed E-state index contributed by atoms with van der Waals surface area (Å²) in [5.74, 6) is -0.255. The lowest BCUT2D eigenvalue weighted by Gasteiger charge is -2.40. The van der Waals surface area contributed by atoms with E-state index in [0.29, 0.717) is 0 Å². The maximum atomic E-state index is 12.5. The molecule has 0 radical (unpaired) electrons. The molecule has 0 amide bonds. The predicted molar refractivity (Wildman–Crippen MR) is 103 cm³/mol. The lowest BCUT2D eigenvalue weighted by molar-refractivity contribution is -0.150. The molecule has 0 unspecified atom stereocenters. The molecular formula is C22H24N2O2. The zero-order chi connectivity index (χ0) is 17.9. The molecule has 0 bridgehead atoms. The molecule has 1 aliphatic heterocycles. The molecule has 4 nitrogen and oxygen atoms in total. The second kappa shape index (κ2) is 7.34. The van der Waals surface area contributed by atoms with Crippen molar-refractivity contribution in [1.29, 1.82) is 0 Å². The molecule has 2 aromatic carbocycles. The molecule has 3 aromatic rings. The van der Waals surface area contributed by atoms with Crippen LogP contribution in [0.25, 0.3) is 10.9 Å². The number of para-hydroxylation sites is 1. The summed E-state index contributed by atoms with van der Waals surface area (Å²) in [7, 11) is 1.49. The fourth-order valence-corrected chi connectivity index (χ4v) is 4.21. The van der Waals surface area contributed by atoms with Crippen molar-refractivity contribution in [3.05, 3.63) is 71.9 Å². The van der Waals surface area contributed by atoms with E-state index in [1.54, 1.807) is 0 Å². The van der Waals surface area contributed by atoms with Crippen LogP contribution in [0.1, 0.15) is 30.0 Å². The minimum absolute atomic E-state index is 0.0209. The SMILES string of the molecule is COC(=O)[C@@H]1CCCN(Cc2ccccc2)[C@@H]1c1c[nH]c2ccccc12. The van der Waals surface area contributed by atoms with Crippen LogP contribution in [0.3, 0.4) is 0 Å². The van der Waals surface area contributed by atoms with E-state index in [2.05, 4.69) is 58.5 Å². The fourth-order valence-electron chi connectivity index (χ4n) is 4.21. The maximum Gasteiger partial charge on any atom is 0.310 e. The van der Waals surface area contributed by atoms with Crippen molar-refractivity contribution in [2.45, 2.75) is 25.4 Å². The number of benzene rings is 2. The third kappa shape index (κ3) is 3.13. The number of aromatic nitrogens is 1. The number of nitrogens with one attached hydrogen (secondary N) is 1. The van der Waals surface area contributed by atoms with Crippen LogP contribution in [-0.2, 0) is 16.1 Å². The summed E-state index contributed by atoms with van der Waals surface area (Å²) in [6.07, 6.45) is 3.93. The largest absolute Gasteiger partial charge is 0.469 e. The molecule has 2 heterocycles. The Bertz CT molecular complexity index is 887. The van der Waals surface area contributed by atoms with Crippen LogP contribution >= 0.6 is 0 Å². The van der Waals surface area contributed by atoms with Crippen molar-refractivity contribution in [2.75, 3.05) is 13.7 Å². The summed E-state index contributed by atoms with van der Waals surface area (Å²) in [4.78, 5) is 18.3. The third-order valence-electron chi connectivity index (χ3n) is 5.41. The number of nitrogens with zero attached hydrogens (tertiary/aromatic N) is 1. The van der Waals surface area contributed by atoms with Crippen molar-refractivity contribution in [1.82, 2.24) is 9.88 Å². The van der Waals surface area contributed by atoms with Gasteiger partial charge in [-0.15, -0.1) is 0 Å². The van der Waals surface area contributed by atoms with Crippen LogP contribution in [0.4, 0.5) is 0 Å². The first-order valence-electron chi connectivity index (χ1n) is 9.20. The van der Waals surface area contributed by atoms with E-state index < -0.39 is 0 Å². The Balaban J connectivity index is 1.75. The van der Waals surface area contributed by atoms with Crippen molar-refractivity contribution < 1.29 is 9.53 Å². The van der Waals surface area contributed by atoms with Crippen LogP contribution in [0, 0.1) is 5.92 Å². The Hall–Kier alpha value is -2.59. The van der Waals surface area contributed by atoms with Gasteiger partial charge in [-0.05, 0) is 36.6 Å². The number of hydrogen-bond donors (Lipinski definition) is 1. The van der Waals surface area contributed by atoms with E-state index in [1.807, 2.05) is 12.1 Å². The average Bonchev–Trinajstić information content (AvgIpc) is 3.12. The first-order valence-corrected chi connectivity index (χ1v) is 9.20. The van der Waals surface area contributed by atoms with E-state index in [1.165, 1.54) is 23.6 Å². The van der Waals surface area contributed by atoms with Crippen molar-refractivity contribution in [3.63, 3.8) is 0 Å². The fraction of sp³-hybridized carbons (Fsp3) is 0.318. The standard InChI is InChI=1S/C22H24N2O2/c1-26-22(25)18-11-7-13-24(15-16-8-3-2-4-9-16)21(18)19-14-23-20-12-6-5-10-17(19)20/h2-6,8-10,12,14,18,21,23H,7,11,13,15H2,1H3/t18-,21+/m1/s1. The van der Waals surface area contributed by atoms with E-state index in [4.69, 9.17) is 4.74 Å². The van der Waals surface area contributed by atoms with Crippen LogP contribution < -0.4 is 0 Å². The Morgan fingerprint density at radius 1 is 1.15 bits per heavy atom. The second-order valence-corrected chi connectivity index (χ2v) is 6.96. The number of carbonyl (C=O) groups is 1. The molecule has 1 fully saturated rings. The minimum atomic E-state index is -0.142. The molecule has 2 atom stereocenters. The number of carbonyl (C=O) groups excluding carboxylic acids is 1. The molecular weight excluding hydrogens is 324 g/mol. The van der Waals surface area contributed by atoms with E-state index >= 15 is 0 Å². The number of rotatable bonds is 4. The van der Waals surface area contributed by atoms with Gasteiger partial charge in [0, 0.05) is 23.6 Å². The summed E-state index contributed by atoms with van der Waals surface area (Å²) in [5.41, 5.74) is 3.56. The van der Waals surface area contributed by atoms with Gasteiger partial charge < -0.3 is 9.72 Å². The second-order valence-electron chi connectivity index (χ2n) is 6.96. The highest BCUT2D eigenvalue weighted by atomic mass is 16.5. The van der Waals surface area contributed by atoms with E-state index in [9.17, 15) is 4.79 Å². The van der Waals surface area contributed by atoms with Gasteiger partial charge in [0.25, 0.3) is 0 Å². The quantitative estimate of drug-likeness (QED) is 0.715. The first kappa shape index (κ1) is 16.9. The van der Waals surface area contributed by atoms with Gasteiger partial charge in [-0.3, -0.25) is 9.69 Å². The number of H-pyrrole nitrogens is 1. The molecule has 0 saturated carbocycles. The zero-order valence-electron chi connectivity index (χ0n) is 15.0. The Labute approximate surface area is 153 Å². The Morgan fingerprint density at radius 3 is 2.73 bits per heavy atom. The zero-order valence-corrected chi connectivity index (χ0v) is 15.0. The van der Waals surface area contributed by atoms with E-state index in [-0.39, 0.29) is 17.9 Å². The minimum Gasteiger partial charge on any atom is -0.469 e. The Morgan fingerprint density at radius 2 is 1.92 bits per heavy atom. The van der Waals surface area contributed by atoms with E-state index in [0.717, 1.165) is 31.4 Å². The predicted octanol–water partition coefficient (Wildman–Crippen LogP) is 4.29. The topological polar surface area (TPSA) is 45.3 Å². The summed E-state index contributed by atoms with van der Waals surface area (Å²) in [5, 5.41) is 1.19. The molecule has 4 rings (SSSR count). The van der Waals surface area contributed by atoms with Crippen molar-refractivity contribution in [3.8, 4) is 0 Å². The van der Waals surface area contributed by atoms with Gasteiger partial charge in [0.15, 0.2) is 0 Å². The molecule has 1 aromatic heterocycles. The van der Waals surface area contributed by atoms with Crippen molar-refractivity contribution >= 4 is 16.9 Å². The van der Waals surface area contributed by atoms with Crippen LogP contribution in [0.2, 0.25) is 0 Å². The van der Waals surface area contributed by atoms with Gasteiger partial charge in [-0.1, -0.05) is 48.5 Å². The normalized spacial score (nSPS) is 21.0. The monoisotopic (exact) mass is 348 g/mol. The van der Waals surface area contributed by atoms with Gasteiger partial charge in [0.2, 0.25) is 0 Å². The number of likely N-dealkylation sites (tertiary alicyclic amines) is 1. The number of aromatic amines is 1. The summed E-state index contributed by atoms with van der Waals surface area (Å²) < 4.78 is 5.15. The summed E-state index contributed by atoms with van der Waals surface area (Å²) >= 11 is 0. The molecule has 1 aliphatic rings. The maximum absolute atomic E-state index is 12.5. The van der Waals surface area contributed by atoms with Crippen LogP contribution in [-0.4, -0.2) is 29.5 Å². The third-order valence-corrected chi connectivity index (χ3v) is 5.41. The molecule has 0 aliphatic carbocycles. The Kier molecular flexibility index (Phi) is 4.76. The summed E-state index contributed by atoms with van der Waals surface area (Å²) in [6, 6.07) is 18.8. The molecule has 1 saturated heterocycles. The lowest BCUT2D eigenvalue weighted by atomic mass is 9.84. The average molecular weight is 348 g/mol. The number of esters is 1. The van der Waals surface area contributed by atoms with Crippen LogP contribution in [0.15, 0.2) is 60.8 Å². The van der Waals surface area contributed by atoms with Gasteiger partial charge >= 0.3 is 5.97 Å². The number of piperidine rings is 1. The van der Waals surface area contributed by atoms with Crippen molar-refractivity contribution in [2.24, 2.45) is 5.92 Å². The highest BCUT2D eigenvalue weighted by Crippen LogP contribution is 2.40. The van der Waals surface area contributed by atoms with Gasteiger partial charge in [-0.2, -0.15) is 0 Å².